The number of hydrogen-bond acceptors (Lipinski definition) is 3. The summed E-state index contributed by atoms with van der Waals surface area (Å²) in [6, 6.07) is 5.66. The van der Waals surface area contributed by atoms with Crippen LogP contribution in [-0.2, 0) is 16.0 Å². The van der Waals surface area contributed by atoms with E-state index < -0.39 is 0 Å². The highest BCUT2D eigenvalue weighted by Crippen LogP contribution is 2.26. The minimum absolute atomic E-state index is 0.0176. The zero-order valence-corrected chi connectivity index (χ0v) is 14.3. The van der Waals surface area contributed by atoms with E-state index in [1.807, 2.05) is 0 Å². The van der Waals surface area contributed by atoms with Crippen LogP contribution < -0.4 is 5.32 Å². The Bertz CT molecular complexity index is 754. The summed E-state index contributed by atoms with van der Waals surface area (Å²) in [5.74, 6) is -0.257. The van der Waals surface area contributed by atoms with E-state index in [0.717, 1.165) is 55.5 Å². The molecule has 1 atom stereocenters. The molecule has 25 heavy (non-hydrogen) atoms. The van der Waals surface area contributed by atoms with E-state index in [4.69, 9.17) is 4.74 Å². The topological polar surface area (TPSA) is 57.4 Å². The van der Waals surface area contributed by atoms with Crippen LogP contribution >= 0.6 is 0 Å². The van der Waals surface area contributed by atoms with Crippen LogP contribution in [0.5, 0.6) is 0 Å². The molecule has 2 saturated heterocycles. The third kappa shape index (κ3) is 3.55. The van der Waals surface area contributed by atoms with Crippen molar-refractivity contribution in [2.24, 2.45) is 0 Å². The number of aromatic amines is 1. The van der Waals surface area contributed by atoms with Gasteiger partial charge >= 0.3 is 0 Å². The van der Waals surface area contributed by atoms with Crippen molar-refractivity contribution in [3.63, 3.8) is 0 Å². The monoisotopic (exact) mass is 345 g/mol. The molecule has 5 nitrogen and oxygen atoms in total. The predicted molar refractivity (Wildman–Crippen MR) is 93.9 cm³/mol. The number of H-pyrrole nitrogens is 1. The van der Waals surface area contributed by atoms with Crippen LogP contribution in [0, 0.1) is 5.82 Å². The maximum atomic E-state index is 13.2. The Morgan fingerprint density at radius 3 is 2.92 bits per heavy atom. The first-order chi connectivity index (χ1) is 12.2. The number of halogens is 1. The first-order valence-electron chi connectivity index (χ1n) is 9.06. The van der Waals surface area contributed by atoms with Crippen molar-refractivity contribution in [2.75, 3.05) is 26.3 Å². The van der Waals surface area contributed by atoms with Crippen LogP contribution in [-0.4, -0.2) is 54.2 Å². The number of amides is 1. The van der Waals surface area contributed by atoms with Gasteiger partial charge in [0.05, 0.1) is 6.42 Å². The molecular formula is C19H24FN3O2. The molecule has 0 radical (unpaired) electrons. The SMILES string of the molecule is O=C(Cc1c[nH]c2cc(F)ccc12)NCC1CCN1C1CCOCC1. The lowest BCUT2D eigenvalue weighted by Gasteiger charge is -2.47. The highest BCUT2D eigenvalue weighted by molar-refractivity contribution is 5.88. The zero-order valence-electron chi connectivity index (χ0n) is 14.3. The molecule has 1 aromatic heterocycles. The van der Waals surface area contributed by atoms with Gasteiger partial charge in [-0.2, -0.15) is 0 Å². The van der Waals surface area contributed by atoms with Crippen LogP contribution in [0.2, 0.25) is 0 Å². The molecule has 0 spiro atoms. The molecular weight excluding hydrogens is 321 g/mol. The Morgan fingerprint density at radius 1 is 1.32 bits per heavy atom. The fourth-order valence-corrected chi connectivity index (χ4v) is 3.95. The van der Waals surface area contributed by atoms with Crippen molar-refractivity contribution in [2.45, 2.75) is 37.8 Å². The van der Waals surface area contributed by atoms with Gasteiger partial charge in [-0.1, -0.05) is 0 Å². The Kier molecular flexibility index (Phi) is 4.72. The van der Waals surface area contributed by atoms with Gasteiger partial charge in [0.2, 0.25) is 5.91 Å². The van der Waals surface area contributed by atoms with Crippen molar-refractivity contribution in [3.05, 3.63) is 35.8 Å². The largest absolute Gasteiger partial charge is 0.381 e. The third-order valence-corrected chi connectivity index (χ3v) is 5.46. The van der Waals surface area contributed by atoms with Crippen molar-refractivity contribution < 1.29 is 13.9 Å². The molecule has 2 aliphatic heterocycles. The fraction of sp³-hybridized carbons (Fsp3) is 0.526. The zero-order chi connectivity index (χ0) is 17.2. The summed E-state index contributed by atoms with van der Waals surface area (Å²) in [6.07, 6.45) is 5.44. The quantitative estimate of drug-likeness (QED) is 0.874. The molecule has 134 valence electrons. The lowest BCUT2D eigenvalue weighted by atomic mass is 9.95. The van der Waals surface area contributed by atoms with E-state index in [1.54, 1.807) is 12.3 Å². The lowest BCUT2D eigenvalue weighted by molar-refractivity contribution is -0.121. The second-order valence-corrected chi connectivity index (χ2v) is 7.01. The van der Waals surface area contributed by atoms with E-state index in [9.17, 15) is 9.18 Å². The summed E-state index contributed by atoms with van der Waals surface area (Å²) in [7, 11) is 0. The van der Waals surface area contributed by atoms with Crippen LogP contribution in [0.25, 0.3) is 10.9 Å². The molecule has 3 heterocycles. The van der Waals surface area contributed by atoms with E-state index in [1.165, 1.54) is 12.1 Å². The number of hydrogen-bond donors (Lipinski definition) is 2. The number of rotatable bonds is 5. The van der Waals surface area contributed by atoms with E-state index in [-0.39, 0.29) is 11.7 Å². The molecule has 0 aliphatic carbocycles. The Balaban J connectivity index is 1.30. The molecule has 1 aromatic carbocycles. The number of likely N-dealkylation sites (tertiary alicyclic amines) is 1. The lowest BCUT2D eigenvalue weighted by Crippen LogP contribution is -2.58. The molecule has 0 saturated carbocycles. The fourth-order valence-electron chi connectivity index (χ4n) is 3.95. The summed E-state index contributed by atoms with van der Waals surface area (Å²) in [6.45, 7) is 3.52. The Labute approximate surface area is 146 Å². The van der Waals surface area contributed by atoms with Crippen molar-refractivity contribution in [1.82, 2.24) is 15.2 Å². The standard InChI is InChI=1S/C19H24FN3O2/c20-14-1-2-17-13(11-21-18(17)10-14)9-19(24)22-12-16-3-6-23(16)15-4-7-25-8-5-15/h1-2,10-11,15-16,21H,3-9,12H2,(H,22,24). The molecule has 0 bridgehead atoms. The van der Waals surface area contributed by atoms with Gasteiger partial charge in [0.25, 0.3) is 0 Å². The summed E-state index contributed by atoms with van der Waals surface area (Å²) in [4.78, 5) is 17.9. The van der Waals surface area contributed by atoms with Gasteiger partial charge in [-0.25, -0.2) is 4.39 Å². The predicted octanol–water partition coefficient (Wildman–Crippen LogP) is 2.22. The molecule has 4 rings (SSSR count). The van der Waals surface area contributed by atoms with Crippen LogP contribution in [0.1, 0.15) is 24.8 Å². The van der Waals surface area contributed by atoms with Gasteiger partial charge in [-0.3, -0.25) is 9.69 Å². The number of carbonyl (C=O) groups excluding carboxylic acids is 1. The average molecular weight is 345 g/mol. The van der Waals surface area contributed by atoms with Crippen LogP contribution in [0.3, 0.4) is 0 Å². The molecule has 6 heteroatoms. The molecule has 1 amide bonds. The first kappa shape index (κ1) is 16.5. The highest BCUT2D eigenvalue weighted by Gasteiger charge is 2.34. The smallest absolute Gasteiger partial charge is 0.224 e. The average Bonchev–Trinajstić information content (AvgIpc) is 2.97. The molecule has 2 N–H and O–H groups in total. The second-order valence-electron chi connectivity index (χ2n) is 7.01. The number of carbonyl (C=O) groups is 1. The Morgan fingerprint density at radius 2 is 2.16 bits per heavy atom. The van der Waals surface area contributed by atoms with E-state index >= 15 is 0 Å². The summed E-state index contributed by atoms with van der Waals surface area (Å²) < 4.78 is 18.7. The van der Waals surface area contributed by atoms with Gasteiger partial charge in [-0.05, 0) is 43.0 Å². The van der Waals surface area contributed by atoms with Gasteiger partial charge in [0.15, 0.2) is 0 Å². The number of fused-ring (bicyclic) bond motifs is 1. The maximum absolute atomic E-state index is 13.2. The number of nitrogens with one attached hydrogen (secondary N) is 2. The molecule has 2 aromatic rings. The van der Waals surface area contributed by atoms with Crippen molar-refractivity contribution in [1.29, 1.82) is 0 Å². The van der Waals surface area contributed by atoms with Crippen molar-refractivity contribution >= 4 is 16.8 Å². The van der Waals surface area contributed by atoms with Gasteiger partial charge in [0, 0.05) is 55.5 Å². The minimum atomic E-state index is -0.275. The van der Waals surface area contributed by atoms with Gasteiger partial charge in [-0.15, -0.1) is 0 Å². The normalized spacial score (nSPS) is 22.0. The van der Waals surface area contributed by atoms with E-state index in [0.29, 0.717) is 25.0 Å². The maximum Gasteiger partial charge on any atom is 0.224 e. The summed E-state index contributed by atoms with van der Waals surface area (Å²) in [5, 5.41) is 3.97. The number of nitrogens with zero attached hydrogens (tertiary/aromatic N) is 1. The Hall–Kier alpha value is -1.92. The van der Waals surface area contributed by atoms with Gasteiger partial charge < -0.3 is 15.0 Å². The molecule has 1 unspecified atom stereocenters. The number of ether oxygens (including phenoxy) is 1. The number of aromatic nitrogens is 1. The summed E-state index contributed by atoms with van der Waals surface area (Å²) in [5.41, 5.74) is 1.63. The molecule has 2 aliphatic rings. The van der Waals surface area contributed by atoms with E-state index in [2.05, 4.69) is 15.2 Å². The third-order valence-electron chi connectivity index (χ3n) is 5.46. The highest BCUT2D eigenvalue weighted by atomic mass is 19.1. The molecule has 2 fully saturated rings. The minimum Gasteiger partial charge on any atom is -0.381 e. The summed E-state index contributed by atoms with van der Waals surface area (Å²) >= 11 is 0. The van der Waals surface area contributed by atoms with Gasteiger partial charge in [0.1, 0.15) is 5.82 Å². The van der Waals surface area contributed by atoms with Crippen molar-refractivity contribution in [3.8, 4) is 0 Å². The first-order valence-corrected chi connectivity index (χ1v) is 9.06. The second kappa shape index (κ2) is 7.14. The van der Waals surface area contributed by atoms with Crippen LogP contribution in [0.4, 0.5) is 4.39 Å². The van der Waals surface area contributed by atoms with Crippen LogP contribution in [0.15, 0.2) is 24.4 Å². The number of benzene rings is 1.